The van der Waals surface area contributed by atoms with E-state index >= 15 is 0 Å². The third kappa shape index (κ3) is 3.73. The van der Waals surface area contributed by atoms with E-state index in [1.54, 1.807) is 11.8 Å². The first kappa shape index (κ1) is 15.8. The Labute approximate surface area is 127 Å². The minimum atomic E-state index is -0.486. The monoisotopic (exact) mass is 313 g/mol. The van der Waals surface area contributed by atoms with E-state index in [1.165, 1.54) is 12.1 Å². The van der Waals surface area contributed by atoms with E-state index in [0.717, 1.165) is 12.5 Å². The van der Waals surface area contributed by atoms with E-state index in [-0.39, 0.29) is 28.4 Å². The van der Waals surface area contributed by atoms with Crippen LogP contribution in [0.25, 0.3) is 0 Å². The molecule has 0 aliphatic carbocycles. The predicted molar refractivity (Wildman–Crippen MR) is 76.7 cm³/mol. The molecule has 0 aromatic heterocycles. The second-order valence-corrected chi connectivity index (χ2v) is 5.37. The van der Waals surface area contributed by atoms with Gasteiger partial charge >= 0.3 is 5.97 Å². The van der Waals surface area contributed by atoms with Gasteiger partial charge in [-0.1, -0.05) is 11.6 Å². The number of likely N-dealkylation sites (tertiary alicyclic amines) is 1. The first-order valence-corrected chi connectivity index (χ1v) is 7.31. The smallest absolute Gasteiger partial charge is 0.310 e. The summed E-state index contributed by atoms with van der Waals surface area (Å²) in [6.07, 6.45) is 1.44. The number of ether oxygens (including phenoxy) is 1. The molecule has 21 heavy (non-hydrogen) atoms. The number of piperidine rings is 1. The predicted octanol–water partition coefficient (Wildman–Crippen LogP) is 2.89. The molecule has 0 N–H and O–H groups in total. The van der Waals surface area contributed by atoms with Crippen LogP contribution in [0.1, 0.15) is 30.1 Å². The number of amides is 1. The zero-order valence-electron chi connectivity index (χ0n) is 11.8. The summed E-state index contributed by atoms with van der Waals surface area (Å²) in [4.78, 5) is 25.8. The Hall–Kier alpha value is -1.62. The van der Waals surface area contributed by atoms with Gasteiger partial charge in [0.25, 0.3) is 5.91 Å². The average Bonchev–Trinajstić information content (AvgIpc) is 2.47. The molecular formula is C15H17ClFNO3. The number of carbonyl (C=O) groups excluding carboxylic acids is 2. The van der Waals surface area contributed by atoms with E-state index in [1.807, 2.05) is 0 Å². The van der Waals surface area contributed by atoms with Crippen molar-refractivity contribution in [2.24, 2.45) is 5.92 Å². The topological polar surface area (TPSA) is 46.6 Å². The third-order valence-electron chi connectivity index (χ3n) is 3.49. The molecule has 1 saturated heterocycles. The van der Waals surface area contributed by atoms with Gasteiger partial charge in [0.15, 0.2) is 0 Å². The second kappa shape index (κ2) is 6.89. The van der Waals surface area contributed by atoms with Crippen molar-refractivity contribution in [1.29, 1.82) is 0 Å². The average molecular weight is 314 g/mol. The molecular weight excluding hydrogens is 297 g/mol. The van der Waals surface area contributed by atoms with Crippen molar-refractivity contribution in [2.45, 2.75) is 19.8 Å². The summed E-state index contributed by atoms with van der Waals surface area (Å²) in [5, 5.41) is 0.0817. The van der Waals surface area contributed by atoms with E-state index in [0.29, 0.717) is 26.1 Å². The summed E-state index contributed by atoms with van der Waals surface area (Å²) in [5.74, 6) is -1.35. The molecule has 4 nitrogen and oxygen atoms in total. The molecule has 0 radical (unpaired) electrons. The number of hydrogen-bond acceptors (Lipinski definition) is 3. The van der Waals surface area contributed by atoms with Gasteiger partial charge in [-0.25, -0.2) is 4.39 Å². The second-order valence-electron chi connectivity index (χ2n) is 4.97. The highest BCUT2D eigenvalue weighted by molar-refractivity contribution is 6.33. The molecule has 6 heteroatoms. The summed E-state index contributed by atoms with van der Waals surface area (Å²) in [5.41, 5.74) is 0.252. The Morgan fingerprint density at radius 1 is 1.48 bits per heavy atom. The Bertz CT molecular complexity index is 550. The summed E-state index contributed by atoms with van der Waals surface area (Å²) in [7, 11) is 0. The molecule has 1 heterocycles. The highest BCUT2D eigenvalue weighted by Crippen LogP contribution is 2.23. The van der Waals surface area contributed by atoms with Crippen LogP contribution in [0.5, 0.6) is 0 Å². The number of halogens is 2. The van der Waals surface area contributed by atoms with Crippen molar-refractivity contribution >= 4 is 23.5 Å². The van der Waals surface area contributed by atoms with E-state index in [4.69, 9.17) is 16.3 Å². The van der Waals surface area contributed by atoms with Gasteiger partial charge in [0.2, 0.25) is 0 Å². The third-order valence-corrected chi connectivity index (χ3v) is 3.80. The first-order valence-electron chi connectivity index (χ1n) is 6.94. The summed E-state index contributed by atoms with van der Waals surface area (Å²) in [6.45, 7) is 2.95. The van der Waals surface area contributed by atoms with Gasteiger partial charge in [0.1, 0.15) is 5.82 Å². The van der Waals surface area contributed by atoms with E-state index in [9.17, 15) is 14.0 Å². The standard InChI is InChI=1S/C15H17ClFNO3/c1-2-21-15(20)10-4-3-7-18(9-10)14(19)12-6-5-11(17)8-13(12)16/h5-6,8,10H,2-4,7,9H2,1H3/t10-/m1/s1. The van der Waals surface area contributed by atoms with E-state index in [2.05, 4.69) is 0 Å². The molecule has 1 fully saturated rings. The van der Waals surface area contributed by atoms with Crippen molar-refractivity contribution in [2.75, 3.05) is 19.7 Å². The number of rotatable bonds is 3. The van der Waals surface area contributed by atoms with Gasteiger partial charge in [0.05, 0.1) is 23.1 Å². The van der Waals surface area contributed by atoms with Gasteiger partial charge in [-0.2, -0.15) is 0 Å². The zero-order chi connectivity index (χ0) is 15.4. The largest absolute Gasteiger partial charge is 0.466 e. The number of carbonyl (C=O) groups is 2. The molecule has 114 valence electrons. The van der Waals surface area contributed by atoms with Crippen LogP contribution < -0.4 is 0 Å². The van der Waals surface area contributed by atoms with Crippen LogP contribution in [0.3, 0.4) is 0 Å². The maximum absolute atomic E-state index is 13.0. The molecule has 1 aliphatic rings. The van der Waals surface area contributed by atoms with Crippen molar-refractivity contribution in [3.05, 3.63) is 34.6 Å². The lowest BCUT2D eigenvalue weighted by molar-refractivity contribution is -0.149. The summed E-state index contributed by atoms with van der Waals surface area (Å²) >= 11 is 5.91. The molecule has 1 aliphatic heterocycles. The maximum Gasteiger partial charge on any atom is 0.310 e. The van der Waals surface area contributed by atoms with Gasteiger partial charge in [-0.15, -0.1) is 0 Å². The van der Waals surface area contributed by atoms with Crippen LogP contribution in [0.2, 0.25) is 5.02 Å². The SMILES string of the molecule is CCOC(=O)[C@@H]1CCCN(C(=O)c2ccc(F)cc2Cl)C1. The van der Waals surface area contributed by atoms with Crippen molar-refractivity contribution in [3.8, 4) is 0 Å². The van der Waals surface area contributed by atoms with Crippen molar-refractivity contribution in [1.82, 2.24) is 4.90 Å². The van der Waals surface area contributed by atoms with Crippen LogP contribution in [0.15, 0.2) is 18.2 Å². The van der Waals surface area contributed by atoms with Crippen LogP contribution in [-0.4, -0.2) is 36.5 Å². The van der Waals surface area contributed by atoms with Crippen molar-refractivity contribution in [3.63, 3.8) is 0 Å². The minimum absolute atomic E-state index is 0.0817. The number of benzene rings is 1. The van der Waals surface area contributed by atoms with Crippen LogP contribution in [0.4, 0.5) is 4.39 Å². The summed E-state index contributed by atoms with van der Waals surface area (Å²) in [6, 6.07) is 3.68. The lowest BCUT2D eigenvalue weighted by Crippen LogP contribution is -2.42. The Morgan fingerprint density at radius 3 is 2.90 bits per heavy atom. The number of nitrogens with zero attached hydrogens (tertiary/aromatic N) is 1. The highest BCUT2D eigenvalue weighted by Gasteiger charge is 2.30. The van der Waals surface area contributed by atoms with Crippen LogP contribution in [-0.2, 0) is 9.53 Å². The van der Waals surface area contributed by atoms with E-state index < -0.39 is 5.82 Å². The highest BCUT2D eigenvalue weighted by atomic mass is 35.5. The van der Waals surface area contributed by atoms with Gasteiger partial charge in [0, 0.05) is 13.1 Å². The fourth-order valence-electron chi connectivity index (χ4n) is 2.45. The fraction of sp³-hybridized carbons (Fsp3) is 0.467. The summed E-state index contributed by atoms with van der Waals surface area (Å²) < 4.78 is 18.0. The quantitative estimate of drug-likeness (QED) is 0.806. The molecule has 0 bridgehead atoms. The van der Waals surface area contributed by atoms with Gasteiger partial charge < -0.3 is 9.64 Å². The molecule has 0 saturated carbocycles. The molecule has 1 atom stereocenters. The Morgan fingerprint density at radius 2 is 2.24 bits per heavy atom. The zero-order valence-corrected chi connectivity index (χ0v) is 12.5. The molecule has 1 amide bonds. The molecule has 0 unspecified atom stereocenters. The lowest BCUT2D eigenvalue weighted by Gasteiger charge is -2.31. The van der Waals surface area contributed by atoms with Crippen LogP contribution >= 0.6 is 11.6 Å². The number of esters is 1. The molecule has 2 rings (SSSR count). The number of hydrogen-bond donors (Lipinski definition) is 0. The van der Waals surface area contributed by atoms with Gasteiger partial charge in [-0.05, 0) is 38.0 Å². The fourth-order valence-corrected chi connectivity index (χ4v) is 2.70. The van der Waals surface area contributed by atoms with Gasteiger partial charge in [-0.3, -0.25) is 9.59 Å². The first-order chi connectivity index (χ1) is 10.0. The molecule has 1 aromatic rings. The Balaban J connectivity index is 2.10. The Kier molecular flexibility index (Phi) is 5.17. The van der Waals surface area contributed by atoms with Crippen molar-refractivity contribution < 1.29 is 18.7 Å². The lowest BCUT2D eigenvalue weighted by atomic mass is 9.97. The molecule has 1 aromatic carbocycles. The molecule has 0 spiro atoms. The normalized spacial score (nSPS) is 18.4. The minimum Gasteiger partial charge on any atom is -0.466 e. The van der Waals surface area contributed by atoms with Crippen LogP contribution in [0, 0.1) is 11.7 Å². The maximum atomic E-state index is 13.0.